The van der Waals surface area contributed by atoms with Gasteiger partial charge >= 0.3 is 24.1 Å². The number of carboxylic acid groups (broad SMARTS) is 1. The second-order valence-electron chi connectivity index (χ2n) is 14.3. The van der Waals surface area contributed by atoms with E-state index in [1.54, 1.807) is 66.9 Å². The van der Waals surface area contributed by atoms with E-state index in [1.807, 2.05) is 0 Å². The van der Waals surface area contributed by atoms with Gasteiger partial charge in [0, 0.05) is 18.9 Å². The van der Waals surface area contributed by atoms with E-state index >= 15 is 0 Å². The summed E-state index contributed by atoms with van der Waals surface area (Å²) in [6, 6.07) is 3.31. The number of aliphatic carboxylic acids is 1. The number of aromatic nitrogens is 2. The van der Waals surface area contributed by atoms with Crippen molar-refractivity contribution in [1.82, 2.24) is 20.2 Å². The van der Waals surface area contributed by atoms with Gasteiger partial charge in [-0.1, -0.05) is 26.7 Å². The number of rotatable bonds is 10. The minimum Gasteiger partial charge on any atom is -0.497 e. The molecule has 14 nitrogen and oxygen atoms in total. The number of esters is 1. The summed E-state index contributed by atoms with van der Waals surface area (Å²) in [6.07, 6.45) is 0.652. The molecule has 2 aliphatic rings. The summed E-state index contributed by atoms with van der Waals surface area (Å²) in [5, 5.41) is 11.9. The zero-order chi connectivity index (χ0) is 36.1. The molecule has 2 aromatic rings. The SMILES string of the molecule is COC(=O)[C@@H]1C[C@@H](Oc2nc3cc(OC)ccc3nc2C#CCCC[C@H]2C[C@@H]2OC(=O)N[C@H](C(=O)O)C(C)(C)C)CN1C(=O)OC(C)(C)C. The molecule has 0 unspecified atom stereocenters. The van der Waals surface area contributed by atoms with Gasteiger partial charge in [0.05, 0.1) is 31.8 Å². The molecule has 1 aromatic carbocycles. The van der Waals surface area contributed by atoms with E-state index in [0.29, 0.717) is 35.3 Å². The van der Waals surface area contributed by atoms with Crippen LogP contribution in [0.15, 0.2) is 18.2 Å². The minimum absolute atomic E-state index is 0.0647. The van der Waals surface area contributed by atoms with Crippen LogP contribution in [0, 0.1) is 23.2 Å². The highest BCUT2D eigenvalue weighted by atomic mass is 16.6. The lowest BCUT2D eigenvalue weighted by Gasteiger charge is -2.27. The highest BCUT2D eigenvalue weighted by molar-refractivity contribution is 5.83. The van der Waals surface area contributed by atoms with Crippen LogP contribution in [0.2, 0.25) is 0 Å². The first-order valence-corrected chi connectivity index (χ1v) is 16.3. The monoisotopic (exact) mass is 682 g/mol. The quantitative estimate of drug-likeness (QED) is 0.153. The molecule has 0 bridgehead atoms. The summed E-state index contributed by atoms with van der Waals surface area (Å²) in [7, 11) is 2.81. The average Bonchev–Trinajstić information content (AvgIpc) is 3.60. The van der Waals surface area contributed by atoms with Crippen molar-refractivity contribution in [2.45, 2.75) is 104 Å². The number of alkyl carbamates (subject to hydrolysis) is 1. The van der Waals surface area contributed by atoms with E-state index in [-0.39, 0.29) is 30.9 Å². The van der Waals surface area contributed by atoms with E-state index in [2.05, 4.69) is 27.1 Å². The third kappa shape index (κ3) is 10.1. The molecule has 1 aliphatic heterocycles. The summed E-state index contributed by atoms with van der Waals surface area (Å²) in [5.74, 6) is 5.44. The number of nitrogens with zero attached hydrogens (tertiary/aromatic N) is 3. The Bertz CT molecular complexity index is 1620. The normalized spacial score (nSPS) is 20.8. The molecule has 0 spiro atoms. The third-order valence-corrected chi connectivity index (χ3v) is 8.06. The predicted octanol–water partition coefficient (Wildman–Crippen LogP) is 4.70. The van der Waals surface area contributed by atoms with Crippen LogP contribution in [0.4, 0.5) is 9.59 Å². The highest BCUT2D eigenvalue weighted by Crippen LogP contribution is 2.38. The summed E-state index contributed by atoms with van der Waals surface area (Å²) in [5.41, 5.74) is -0.0174. The molecule has 49 heavy (non-hydrogen) atoms. The lowest BCUT2D eigenvalue weighted by atomic mass is 9.87. The molecule has 4 rings (SSSR count). The number of carbonyl (C=O) groups is 4. The Balaban J connectivity index is 1.41. The lowest BCUT2D eigenvalue weighted by molar-refractivity contribution is -0.145. The van der Waals surface area contributed by atoms with Crippen LogP contribution >= 0.6 is 0 Å². The maximum absolute atomic E-state index is 13.0. The first-order chi connectivity index (χ1) is 23.0. The molecule has 2 fully saturated rings. The highest BCUT2D eigenvalue weighted by Gasteiger charge is 2.44. The van der Waals surface area contributed by atoms with Gasteiger partial charge in [-0.2, -0.15) is 0 Å². The van der Waals surface area contributed by atoms with Crippen LogP contribution in [0.1, 0.15) is 79.3 Å². The number of hydrogen-bond donors (Lipinski definition) is 2. The predicted molar refractivity (Wildman–Crippen MR) is 177 cm³/mol. The molecule has 1 saturated carbocycles. The van der Waals surface area contributed by atoms with Crippen molar-refractivity contribution in [1.29, 1.82) is 0 Å². The van der Waals surface area contributed by atoms with Crippen molar-refractivity contribution in [2.75, 3.05) is 20.8 Å². The molecule has 0 radical (unpaired) electrons. The maximum Gasteiger partial charge on any atom is 0.411 e. The van der Waals surface area contributed by atoms with Gasteiger partial charge in [0.15, 0.2) is 5.69 Å². The third-order valence-electron chi connectivity index (χ3n) is 8.06. The van der Waals surface area contributed by atoms with E-state index in [0.717, 1.165) is 12.8 Å². The number of methoxy groups -OCH3 is 2. The van der Waals surface area contributed by atoms with Gasteiger partial charge in [0.25, 0.3) is 0 Å². The summed E-state index contributed by atoms with van der Waals surface area (Å²) in [4.78, 5) is 60.1. The second-order valence-corrected chi connectivity index (χ2v) is 14.3. The van der Waals surface area contributed by atoms with E-state index in [1.165, 1.54) is 12.0 Å². The molecule has 266 valence electrons. The number of fused-ring (bicyclic) bond motifs is 1. The number of carboxylic acids is 1. The number of likely N-dealkylation sites (tertiary alicyclic amines) is 1. The van der Waals surface area contributed by atoms with Gasteiger partial charge < -0.3 is 34.1 Å². The first kappa shape index (κ1) is 37.0. The Labute approximate surface area is 286 Å². The summed E-state index contributed by atoms with van der Waals surface area (Å²) in [6.45, 7) is 10.5. The Morgan fingerprint density at radius 2 is 1.80 bits per heavy atom. The van der Waals surface area contributed by atoms with Gasteiger partial charge in [-0.05, 0) is 69.4 Å². The van der Waals surface area contributed by atoms with Gasteiger partial charge in [0.2, 0.25) is 5.88 Å². The van der Waals surface area contributed by atoms with E-state index in [9.17, 15) is 24.3 Å². The molecule has 1 aliphatic carbocycles. The first-order valence-electron chi connectivity index (χ1n) is 16.3. The standard InChI is InChI=1S/C35H46N4O10/c1-34(2,3)28(30(40)41)38-32(43)48-27-16-20(27)12-10-9-11-13-24-29(37-25-17-21(45-7)14-15-23(25)36-24)47-22-18-26(31(42)46-8)39(19-22)33(44)49-35(4,5)6/h14-15,17,20,22,26-28H,9-10,12,16,18-19H2,1-8H3,(H,38,43)(H,40,41)/t20-,22+,26-,27-,28+/m0/s1. The van der Waals surface area contributed by atoms with Crippen LogP contribution < -0.4 is 14.8 Å². The molecule has 1 saturated heterocycles. The van der Waals surface area contributed by atoms with Crippen LogP contribution in [-0.4, -0.2) is 94.8 Å². The zero-order valence-corrected chi connectivity index (χ0v) is 29.3. The molecule has 2 N–H and O–H groups in total. The van der Waals surface area contributed by atoms with Crippen molar-refractivity contribution >= 4 is 35.2 Å². The number of nitrogens with one attached hydrogen (secondary N) is 1. The molecule has 2 amide bonds. The number of ether oxygens (including phenoxy) is 5. The number of benzene rings is 1. The number of carbonyl (C=O) groups excluding carboxylic acids is 3. The van der Waals surface area contributed by atoms with Crippen LogP contribution in [0.5, 0.6) is 11.6 Å². The zero-order valence-electron chi connectivity index (χ0n) is 29.3. The molecule has 2 heterocycles. The van der Waals surface area contributed by atoms with Gasteiger partial charge in [0.1, 0.15) is 35.6 Å². The largest absolute Gasteiger partial charge is 0.497 e. The Hall–Kier alpha value is -4.80. The summed E-state index contributed by atoms with van der Waals surface area (Å²) >= 11 is 0. The molecule has 1 aromatic heterocycles. The summed E-state index contributed by atoms with van der Waals surface area (Å²) < 4.78 is 27.5. The van der Waals surface area contributed by atoms with Crippen molar-refractivity contribution in [3.8, 4) is 23.5 Å². The van der Waals surface area contributed by atoms with Crippen molar-refractivity contribution in [3.63, 3.8) is 0 Å². The molecule has 5 atom stereocenters. The topological polar surface area (TPSA) is 176 Å². The van der Waals surface area contributed by atoms with Gasteiger partial charge in [-0.3, -0.25) is 4.90 Å². The second kappa shape index (κ2) is 15.2. The van der Waals surface area contributed by atoms with E-state index in [4.69, 9.17) is 23.7 Å². The van der Waals surface area contributed by atoms with Crippen molar-refractivity contribution in [2.24, 2.45) is 11.3 Å². The lowest BCUT2D eigenvalue weighted by Crippen LogP contribution is -2.49. The van der Waals surface area contributed by atoms with Crippen LogP contribution in [-0.2, 0) is 23.8 Å². The molecule has 14 heteroatoms. The fourth-order valence-electron chi connectivity index (χ4n) is 5.44. The Kier molecular flexibility index (Phi) is 11.5. The number of unbranched alkanes of at least 4 members (excludes halogenated alkanes) is 1. The Morgan fingerprint density at radius 1 is 1.06 bits per heavy atom. The van der Waals surface area contributed by atoms with Crippen LogP contribution in [0.25, 0.3) is 11.0 Å². The smallest absolute Gasteiger partial charge is 0.411 e. The van der Waals surface area contributed by atoms with Gasteiger partial charge in [-0.25, -0.2) is 29.1 Å². The molecular formula is C35H46N4O10. The van der Waals surface area contributed by atoms with E-state index < -0.39 is 53.3 Å². The van der Waals surface area contributed by atoms with Crippen LogP contribution in [0.3, 0.4) is 0 Å². The van der Waals surface area contributed by atoms with Gasteiger partial charge in [-0.15, -0.1) is 0 Å². The van der Waals surface area contributed by atoms with Crippen molar-refractivity contribution < 1.29 is 48.0 Å². The Morgan fingerprint density at radius 3 is 2.43 bits per heavy atom. The number of hydrogen-bond acceptors (Lipinski definition) is 11. The average molecular weight is 683 g/mol. The molecular weight excluding hydrogens is 636 g/mol. The fourth-order valence-corrected chi connectivity index (χ4v) is 5.44. The maximum atomic E-state index is 13.0. The number of amides is 2. The minimum atomic E-state index is -1.11. The van der Waals surface area contributed by atoms with Crippen molar-refractivity contribution in [3.05, 3.63) is 23.9 Å². The fraction of sp³-hybridized carbons (Fsp3) is 0.600.